The second kappa shape index (κ2) is 7.86. The van der Waals surface area contributed by atoms with Crippen molar-refractivity contribution in [1.82, 2.24) is 19.9 Å². The zero-order chi connectivity index (χ0) is 19.4. The van der Waals surface area contributed by atoms with Crippen molar-refractivity contribution >= 4 is 16.8 Å². The molecule has 0 radical (unpaired) electrons. The van der Waals surface area contributed by atoms with Crippen LogP contribution in [-0.4, -0.2) is 34.7 Å². The summed E-state index contributed by atoms with van der Waals surface area (Å²) < 4.78 is 11.8. The maximum absolute atomic E-state index is 12.9. The summed E-state index contributed by atoms with van der Waals surface area (Å²) in [6, 6.07) is 6.86. The molecular weight excluding hydrogens is 348 g/mol. The summed E-state index contributed by atoms with van der Waals surface area (Å²) in [6.07, 6.45) is 3.32. The van der Waals surface area contributed by atoms with Gasteiger partial charge in [-0.2, -0.15) is 0 Å². The van der Waals surface area contributed by atoms with Gasteiger partial charge in [-0.1, -0.05) is 0 Å². The van der Waals surface area contributed by atoms with Crippen LogP contribution in [0.3, 0.4) is 0 Å². The highest BCUT2D eigenvalue weighted by molar-refractivity contribution is 5.82. The average Bonchev–Trinajstić information content (AvgIpc) is 2.69. The molecule has 0 aliphatic carbocycles. The molecule has 0 saturated heterocycles. The van der Waals surface area contributed by atoms with Gasteiger partial charge in [0.2, 0.25) is 5.91 Å². The van der Waals surface area contributed by atoms with E-state index < -0.39 is 0 Å². The Morgan fingerprint density at radius 2 is 1.81 bits per heavy atom. The summed E-state index contributed by atoms with van der Waals surface area (Å²) in [5, 5.41) is 3.15. The number of carbonyl (C=O) groups is 1. The third kappa shape index (κ3) is 3.89. The number of rotatable bonds is 6. The minimum Gasteiger partial charge on any atom is -0.493 e. The van der Waals surface area contributed by atoms with Crippen LogP contribution in [0.2, 0.25) is 0 Å². The number of benzene rings is 1. The molecule has 1 amide bonds. The number of amides is 1. The number of nitrogens with zero attached hydrogens (tertiary/aromatic N) is 3. The lowest BCUT2D eigenvalue weighted by molar-refractivity contribution is -0.121. The zero-order valence-corrected chi connectivity index (χ0v) is 15.4. The second-order valence-corrected chi connectivity index (χ2v) is 5.91. The average molecular weight is 368 g/mol. The van der Waals surface area contributed by atoms with E-state index in [1.54, 1.807) is 31.5 Å². The lowest BCUT2D eigenvalue weighted by atomic mass is 10.2. The normalized spacial score (nSPS) is 10.6. The molecule has 0 fully saturated rings. The first kappa shape index (κ1) is 18.4. The molecule has 0 unspecified atom stereocenters. The summed E-state index contributed by atoms with van der Waals surface area (Å²) in [6.45, 7) is 1.93. The fourth-order valence-corrected chi connectivity index (χ4v) is 2.75. The van der Waals surface area contributed by atoms with Gasteiger partial charge >= 0.3 is 0 Å². The first-order valence-electron chi connectivity index (χ1n) is 8.32. The van der Waals surface area contributed by atoms with E-state index in [1.807, 2.05) is 12.1 Å². The number of pyridine rings is 1. The highest BCUT2D eigenvalue weighted by Crippen LogP contribution is 2.30. The lowest BCUT2D eigenvalue weighted by Crippen LogP contribution is -2.33. The SMILES string of the molecule is COc1cc2nc(C)n(CC(=O)NCc3ccncc3)c(=O)c2cc1OC. The van der Waals surface area contributed by atoms with Crippen LogP contribution < -0.4 is 20.3 Å². The molecule has 1 aromatic carbocycles. The van der Waals surface area contributed by atoms with Gasteiger partial charge in [0.25, 0.3) is 5.56 Å². The summed E-state index contributed by atoms with van der Waals surface area (Å²) in [5.41, 5.74) is 1.11. The lowest BCUT2D eigenvalue weighted by Gasteiger charge is -2.13. The first-order chi connectivity index (χ1) is 13.0. The van der Waals surface area contributed by atoms with Gasteiger partial charge < -0.3 is 14.8 Å². The Hall–Kier alpha value is -3.42. The Balaban J connectivity index is 1.87. The van der Waals surface area contributed by atoms with E-state index in [0.717, 1.165) is 5.56 Å². The summed E-state index contributed by atoms with van der Waals surface area (Å²) in [5.74, 6) is 1.09. The number of aryl methyl sites for hydroxylation is 1. The summed E-state index contributed by atoms with van der Waals surface area (Å²) >= 11 is 0. The monoisotopic (exact) mass is 368 g/mol. The number of ether oxygens (including phenoxy) is 2. The van der Waals surface area contributed by atoms with Crippen LogP contribution in [-0.2, 0) is 17.9 Å². The van der Waals surface area contributed by atoms with Crippen molar-refractivity contribution in [3.8, 4) is 11.5 Å². The molecule has 0 bridgehead atoms. The van der Waals surface area contributed by atoms with Crippen LogP contribution in [0.4, 0.5) is 0 Å². The third-order valence-electron chi connectivity index (χ3n) is 4.19. The molecule has 2 heterocycles. The van der Waals surface area contributed by atoms with E-state index >= 15 is 0 Å². The Labute approximate surface area is 155 Å². The molecule has 140 valence electrons. The van der Waals surface area contributed by atoms with Gasteiger partial charge in [-0.3, -0.25) is 19.1 Å². The number of aromatic nitrogens is 3. The van der Waals surface area contributed by atoms with Crippen LogP contribution in [0.5, 0.6) is 11.5 Å². The van der Waals surface area contributed by atoms with E-state index in [2.05, 4.69) is 15.3 Å². The molecule has 8 nitrogen and oxygen atoms in total. The minimum absolute atomic E-state index is 0.118. The molecule has 2 aromatic heterocycles. The Bertz CT molecular complexity index is 1030. The van der Waals surface area contributed by atoms with Crippen LogP contribution in [0.1, 0.15) is 11.4 Å². The van der Waals surface area contributed by atoms with Crippen molar-refractivity contribution in [2.45, 2.75) is 20.0 Å². The number of carbonyl (C=O) groups excluding carboxylic acids is 1. The van der Waals surface area contributed by atoms with Crippen LogP contribution in [0, 0.1) is 6.92 Å². The Kier molecular flexibility index (Phi) is 5.35. The van der Waals surface area contributed by atoms with Gasteiger partial charge in [0.05, 0.1) is 25.1 Å². The summed E-state index contributed by atoms with van der Waals surface area (Å²) in [4.78, 5) is 33.5. The Morgan fingerprint density at radius 3 is 2.48 bits per heavy atom. The van der Waals surface area contributed by atoms with Crippen molar-refractivity contribution < 1.29 is 14.3 Å². The number of hydrogen-bond acceptors (Lipinski definition) is 6. The van der Waals surface area contributed by atoms with E-state index in [-0.39, 0.29) is 18.0 Å². The number of nitrogens with one attached hydrogen (secondary N) is 1. The van der Waals surface area contributed by atoms with Gasteiger partial charge in [-0.25, -0.2) is 4.98 Å². The summed E-state index contributed by atoms with van der Waals surface area (Å²) in [7, 11) is 3.02. The molecule has 0 aliphatic heterocycles. The highest BCUT2D eigenvalue weighted by Gasteiger charge is 2.15. The van der Waals surface area contributed by atoms with Gasteiger partial charge in [-0.15, -0.1) is 0 Å². The smallest absolute Gasteiger partial charge is 0.262 e. The maximum Gasteiger partial charge on any atom is 0.262 e. The molecule has 27 heavy (non-hydrogen) atoms. The second-order valence-electron chi connectivity index (χ2n) is 5.91. The van der Waals surface area contributed by atoms with Crippen LogP contribution in [0.15, 0.2) is 41.5 Å². The fourth-order valence-electron chi connectivity index (χ4n) is 2.75. The Morgan fingerprint density at radius 1 is 1.15 bits per heavy atom. The van der Waals surface area contributed by atoms with Crippen molar-refractivity contribution in [1.29, 1.82) is 0 Å². The predicted molar refractivity (Wildman–Crippen MR) is 99.9 cm³/mol. The molecule has 0 atom stereocenters. The van der Waals surface area contributed by atoms with E-state index in [9.17, 15) is 9.59 Å². The molecule has 3 rings (SSSR count). The first-order valence-corrected chi connectivity index (χ1v) is 8.32. The molecule has 0 aliphatic rings. The van der Waals surface area contributed by atoms with E-state index in [1.165, 1.54) is 18.8 Å². The highest BCUT2D eigenvalue weighted by atomic mass is 16.5. The van der Waals surface area contributed by atoms with Gasteiger partial charge in [0.15, 0.2) is 11.5 Å². The predicted octanol–water partition coefficient (Wildman–Crippen LogP) is 1.43. The van der Waals surface area contributed by atoms with Crippen LogP contribution >= 0.6 is 0 Å². The molecule has 3 aromatic rings. The van der Waals surface area contributed by atoms with Crippen molar-refractivity contribution in [3.05, 3.63) is 58.4 Å². The third-order valence-corrected chi connectivity index (χ3v) is 4.19. The van der Waals surface area contributed by atoms with Gasteiger partial charge in [0, 0.05) is 25.0 Å². The topological polar surface area (TPSA) is 95.3 Å². The molecule has 8 heteroatoms. The largest absolute Gasteiger partial charge is 0.493 e. The van der Waals surface area contributed by atoms with E-state index in [4.69, 9.17) is 9.47 Å². The van der Waals surface area contributed by atoms with Gasteiger partial charge in [-0.05, 0) is 30.7 Å². The van der Waals surface area contributed by atoms with Crippen molar-refractivity contribution in [3.63, 3.8) is 0 Å². The van der Waals surface area contributed by atoms with Crippen molar-refractivity contribution in [2.24, 2.45) is 0 Å². The van der Waals surface area contributed by atoms with Crippen molar-refractivity contribution in [2.75, 3.05) is 14.2 Å². The quantitative estimate of drug-likeness (QED) is 0.707. The molecular formula is C19H20N4O4. The fraction of sp³-hybridized carbons (Fsp3) is 0.263. The van der Waals surface area contributed by atoms with E-state index in [0.29, 0.717) is 34.8 Å². The minimum atomic E-state index is -0.308. The van der Waals surface area contributed by atoms with Crippen LogP contribution in [0.25, 0.3) is 10.9 Å². The van der Waals surface area contributed by atoms with Gasteiger partial charge in [0.1, 0.15) is 12.4 Å². The molecule has 1 N–H and O–H groups in total. The number of methoxy groups -OCH3 is 2. The number of hydrogen-bond donors (Lipinski definition) is 1. The zero-order valence-electron chi connectivity index (χ0n) is 15.4. The standard InChI is InChI=1S/C19H20N4O4/c1-12-22-15-9-17(27-3)16(26-2)8-14(15)19(25)23(12)11-18(24)21-10-13-4-6-20-7-5-13/h4-9H,10-11H2,1-3H3,(H,21,24). The molecule has 0 spiro atoms. The maximum atomic E-state index is 12.9. The molecule has 0 saturated carbocycles. The number of fused-ring (bicyclic) bond motifs is 1.